The highest BCUT2D eigenvalue weighted by atomic mass is 16.5. The van der Waals surface area contributed by atoms with Crippen LogP contribution in [0.15, 0.2) is 12.4 Å². The molecule has 6 heteroatoms. The summed E-state index contributed by atoms with van der Waals surface area (Å²) in [5.74, 6) is 0.653. The first-order valence-corrected chi connectivity index (χ1v) is 5.22. The summed E-state index contributed by atoms with van der Waals surface area (Å²) in [5.41, 5.74) is 5.13. The van der Waals surface area contributed by atoms with Crippen LogP contribution in [0, 0.1) is 0 Å². The van der Waals surface area contributed by atoms with E-state index in [1.54, 1.807) is 24.3 Å². The molecule has 1 aromatic heterocycles. The Labute approximate surface area is 93.8 Å². The fourth-order valence-corrected chi connectivity index (χ4v) is 1.81. The van der Waals surface area contributed by atoms with E-state index in [0.717, 1.165) is 5.82 Å². The third kappa shape index (κ3) is 2.07. The molecule has 2 rings (SSSR count). The van der Waals surface area contributed by atoms with E-state index in [-0.39, 0.29) is 5.91 Å². The number of carbonyl (C=O) groups is 1. The van der Waals surface area contributed by atoms with Gasteiger partial charge in [-0.1, -0.05) is 0 Å². The molecule has 1 aliphatic rings. The van der Waals surface area contributed by atoms with Gasteiger partial charge in [0.1, 0.15) is 11.4 Å². The molecule has 0 spiro atoms. The Hall–Kier alpha value is -1.40. The Morgan fingerprint density at radius 1 is 1.81 bits per heavy atom. The van der Waals surface area contributed by atoms with Crippen LogP contribution in [0.3, 0.4) is 0 Å². The van der Waals surface area contributed by atoms with Crippen LogP contribution >= 0.6 is 0 Å². The normalized spacial score (nSPS) is 24.6. The van der Waals surface area contributed by atoms with Gasteiger partial charge in [0.2, 0.25) is 5.91 Å². The molecule has 3 N–H and O–H groups in total. The molecule has 1 amide bonds. The second-order valence-electron chi connectivity index (χ2n) is 4.16. The Bertz CT molecular complexity index is 357. The maximum Gasteiger partial charge on any atom is 0.245 e. The molecule has 6 nitrogen and oxygen atoms in total. The molecule has 0 bridgehead atoms. The van der Waals surface area contributed by atoms with E-state index in [9.17, 15) is 4.79 Å². The number of aromatic nitrogens is 2. The largest absolute Gasteiger partial charge is 0.379 e. The van der Waals surface area contributed by atoms with Gasteiger partial charge in [-0.3, -0.25) is 4.79 Å². The quantitative estimate of drug-likeness (QED) is 0.724. The summed E-state index contributed by atoms with van der Waals surface area (Å²) in [6.07, 6.45) is 3.96. The molecule has 1 aliphatic heterocycles. The molecule has 0 radical (unpaired) electrons. The molecule has 1 atom stereocenters. The first kappa shape index (κ1) is 11.1. The number of imidazole rings is 1. The van der Waals surface area contributed by atoms with Gasteiger partial charge in [-0.05, 0) is 6.42 Å². The zero-order valence-electron chi connectivity index (χ0n) is 9.27. The summed E-state index contributed by atoms with van der Waals surface area (Å²) < 4.78 is 5.17. The predicted molar refractivity (Wildman–Crippen MR) is 57.4 cm³/mol. The zero-order chi connectivity index (χ0) is 11.6. The number of likely N-dealkylation sites (N-methyl/N-ethyl adjacent to an activating group) is 1. The second kappa shape index (κ2) is 4.23. The maximum absolute atomic E-state index is 12.1. The number of H-pyrrole nitrogens is 1. The van der Waals surface area contributed by atoms with Crippen molar-refractivity contribution in [3.63, 3.8) is 0 Å². The van der Waals surface area contributed by atoms with Crippen molar-refractivity contribution in [1.82, 2.24) is 14.9 Å². The smallest absolute Gasteiger partial charge is 0.245 e. The summed E-state index contributed by atoms with van der Waals surface area (Å²) in [5, 5.41) is 0. The van der Waals surface area contributed by atoms with Gasteiger partial charge in [0.15, 0.2) is 0 Å². The third-order valence-corrected chi connectivity index (χ3v) is 2.77. The molecule has 1 fully saturated rings. The van der Waals surface area contributed by atoms with Crippen molar-refractivity contribution in [2.45, 2.75) is 18.5 Å². The predicted octanol–water partition coefficient (Wildman–Crippen LogP) is -0.514. The van der Waals surface area contributed by atoms with Crippen LogP contribution < -0.4 is 5.73 Å². The van der Waals surface area contributed by atoms with Crippen LogP contribution in [-0.4, -0.2) is 46.6 Å². The van der Waals surface area contributed by atoms with Gasteiger partial charge in [-0.15, -0.1) is 0 Å². The summed E-state index contributed by atoms with van der Waals surface area (Å²) in [4.78, 5) is 20.7. The van der Waals surface area contributed by atoms with E-state index in [2.05, 4.69) is 9.97 Å². The average Bonchev–Trinajstić information content (AvgIpc) is 2.89. The van der Waals surface area contributed by atoms with Crippen LogP contribution in [0.4, 0.5) is 0 Å². The van der Waals surface area contributed by atoms with Crippen LogP contribution in [0.2, 0.25) is 0 Å². The maximum atomic E-state index is 12.1. The van der Waals surface area contributed by atoms with Crippen molar-refractivity contribution in [3.05, 3.63) is 18.2 Å². The highest BCUT2D eigenvalue weighted by Crippen LogP contribution is 2.18. The number of nitrogens with one attached hydrogen (secondary N) is 1. The average molecular weight is 224 g/mol. The molecule has 2 heterocycles. The van der Waals surface area contributed by atoms with Gasteiger partial charge < -0.3 is 20.4 Å². The summed E-state index contributed by atoms with van der Waals surface area (Å²) in [6, 6.07) is 0. The fraction of sp³-hybridized carbons (Fsp3) is 0.600. The van der Waals surface area contributed by atoms with Gasteiger partial charge >= 0.3 is 0 Å². The van der Waals surface area contributed by atoms with Gasteiger partial charge in [-0.25, -0.2) is 4.98 Å². The number of hydrogen-bond donors (Lipinski definition) is 2. The standard InChI is InChI=1S/C10H16N4O2/c1-14(6-8-12-3-4-13-8)9(15)10(11)2-5-16-7-10/h3-4H,2,5-7,11H2,1H3,(H,12,13). The Morgan fingerprint density at radius 2 is 2.62 bits per heavy atom. The minimum atomic E-state index is -0.860. The number of nitrogens with two attached hydrogens (primary N) is 1. The van der Waals surface area contributed by atoms with Crippen molar-refractivity contribution in [1.29, 1.82) is 0 Å². The number of amides is 1. The molecule has 0 aromatic carbocycles. The van der Waals surface area contributed by atoms with Crippen LogP contribution in [0.5, 0.6) is 0 Å². The van der Waals surface area contributed by atoms with Gasteiger partial charge in [0.25, 0.3) is 0 Å². The highest BCUT2D eigenvalue weighted by Gasteiger charge is 2.40. The third-order valence-electron chi connectivity index (χ3n) is 2.77. The van der Waals surface area contributed by atoms with Crippen LogP contribution in [-0.2, 0) is 16.1 Å². The number of rotatable bonds is 3. The Morgan fingerprint density at radius 3 is 3.19 bits per heavy atom. The minimum Gasteiger partial charge on any atom is -0.379 e. The van der Waals surface area contributed by atoms with Crippen LogP contribution in [0.25, 0.3) is 0 Å². The van der Waals surface area contributed by atoms with Crippen molar-refractivity contribution in [3.8, 4) is 0 Å². The van der Waals surface area contributed by atoms with Crippen molar-refractivity contribution >= 4 is 5.91 Å². The molecule has 16 heavy (non-hydrogen) atoms. The monoisotopic (exact) mass is 224 g/mol. The van der Waals surface area contributed by atoms with E-state index >= 15 is 0 Å². The van der Waals surface area contributed by atoms with Crippen LogP contribution in [0.1, 0.15) is 12.2 Å². The van der Waals surface area contributed by atoms with Gasteiger partial charge in [0.05, 0.1) is 13.2 Å². The molecule has 0 aliphatic carbocycles. The minimum absolute atomic E-state index is 0.0959. The lowest BCUT2D eigenvalue weighted by Crippen LogP contribution is -2.54. The first-order valence-electron chi connectivity index (χ1n) is 5.22. The Kier molecular flexibility index (Phi) is 2.93. The molecular formula is C10H16N4O2. The summed E-state index contributed by atoms with van der Waals surface area (Å²) in [7, 11) is 1.72. The molecule has 1 unspecified atom stereocenters. The lowest BCUT2D eigenvalue weighted by molar-refractivity contribution is -0.136. The summed E-state index contributed by atoms with van der Waals surface area (Å²) in [6.45, 7) is 1.29. The molecule has 88 valence electrons. The molecule has 1 saturated heterocycles. The molecule has 1 aromatic rings. The number of hydrogen-bond acceptors (Lipinski definition) is 4. The number of ether oxygens (including phenoxy) is 1. The van der Waals surface area contributed by atoms with E-state index in [0.29, 0.717) is 26.2 Å². The van der Waals surface area contributed by atoms with Crippen molar-refractivity contribution in [2.24, 2.45) is 5.73 Å². The van der Waals surface area contributed by atoms with Gasteiger partial charge in [-0.2, -0.15) is 0 Å². The lowest BCUT2D eigenvalue weighted by atomic mass is 9.98. The topological polar surface area (TPSA) is 84.2 Å². The SMILES string of the molecule is CN(Cc1ncc[nH]1)C(=O)C1(N)CCOC1. The molecule has 0 saturated carbocycles. The Balaban J connectivity index is 1.99. The van der Waals surface area contributed by atoms with E-state index in [1.165, 1.54) is 0 Å². The highest BCUT2D eigenvalue weighted by molar-refractivity contribution is 5.86. The molecular weight excluding hydrogens is 208 g/mol. The van der Waals surface area contributed by atoms with Crippen molar-refractivity contribution < 1.29 is 9.53 Å². The van der Waals surface area contributed by atoms with Gasteiger partial charge in [0, 0.05) is 26.0 Å². The lowest BCUT2D eigenvalue weighted by Gasteiger charge is -2.26. The van der Waals surface area contributed by atoms with Crippen molar-refractivity contribution in [2.75, 3.05) is 20.3 Å². The second-order valence-corrected chi connectivity index (χ2v) is 4.16. The first-order chi connectivity index (χ1) is 7.62. The number of nitrogens with zero attached hydrogens (tertiary/aromatic N) is 2. The number of aromatic amines is 1. The summed E-state index contributed by atoms with van der Waals surface area (Å²) >= 11 is 0. The van der Waals surface area contributed by atoms with E-state index in [4.69, 9.17) is 10.5 Å². The van der Waals surface area contributed by atoms with E-state index < -0.39 is 5.54 Å². The zero-order valence-corrected chi connectivity index (χ0v) is 9.27. The van der Waals surface area contributed by atoms with E-state index in [1.807, 2.05) is 0 Å². The number of carbonyl (C=O) groups excluding carboxylic acids is 1. The fourth-order valence-electron chi connectivity index (χ4n) is 1.81.